The Bertz CT molecular complexity index is 1040. The maximum absolute atomic E-state index is 14.5. The zero-order chi connectivity index (χ0) is 26.1. The molecule has 0 heterocycles. The highest BCUT2D eigenvalue weighted by Crippen LogP contribution is 2.33. The van der Waals surface area contributed by atoms with Crippen LogP contribution in [0.2, 0.25) is 0 Å². The average Bonchev–Trinajstić information content (AvgIpc) is 2.83. The second kappa shape index (κ2) is 13.3. The van der Waals surface area contributed by atoms with Crippen molar-refractivity contribution in [2.24, 2.45) is 11.8 Å². The molecular formula is C28H31F4NO3. The number of nitrogens with zero attached hydrogens (tertiary/aromatic N) is 1. The Morgan fingerprint density at radius 1 is 0.861 bits per heavy atom. The molecule has 0 amide bonds. The van der Waals surface area contributed by atoms with Crippen LogP contribution in [0.1, 0.15) is 87.1 Å². The normalized spacial score (nSPS) is 17.4. The van der Waals surface area contributed by atoms with Crippen LogP contribution in [0, 0.1) is 46.4 Å². The first-order chi connectivity index (χ1) is 17.3. The molecule has 4 nitrogen and oxygen atoms in total. The monoisotopic (exact) mass is 505 g/mol. The van der Waals surface area contributed by atoms with E-state index >= 15 is 0 Å². The van der Waals surface area contributed by atoms with Gasteiger partial charge in [0, 0.05) is 24.3 Å². The number of benzene rings is 2. The van der Waals surface area contributed by atoms with Crippen molar-refractivity contribution in [2.75, 3.05) is 6.61 Å². The number of unbranched alkanes of at least 4 members (excludes halogenated alkanes) is 4. The summed E-state index contributed by atoms with van der Waals surface area (Å²) >= 11 is 0. The summed E-state index contributed by atoms with van der Waals surface area (Å²) in [6, 6.07) is 4.29. The Morgan fingerprint density at radius 3 is 2.00 bits per heavy atom. The zero-order valence-electron chi connectivity index (χ0n) is 20.4. The van der Waals surface area contributed by atoms with Gasteiger partial charge >= 0.3 is 5.97 Å². The van der Waals surface area contributed by atoms with Gasteiger partial charge in [-0.25, -0.2) is 22.4 Å². The van der Waals surface area contributed by atoms with Crippen molar-refractivity contribution < 1.29 is 31.8 Å². The molecule has 3 rings (SSSR count). The lowest BCUT2D eigenvalue weighted by atomic mass is 9.80. The molecule has 2 aromatic carbocycles. The number of hydrogen-bond donors (Lipinski definition) is 0. The third-order valence-electron chi connectivity index (χ3n) is 6.73. The maximum atomic E-state index is 14.5. The van der Waals surface area contributed by atoms with Gasteiger partial charge in [-0.3, -0.25) is 0 Å². The first-order valence-corrected chi connectivity index (χ1v) is 12.6. The van der Waals surface area contributed by atoms with Crippen LogP contribution in [0.4, 0.5) is 17.6 Å². The van der Waals surface area contributed by atoms with E-state index in [1.165, 1.54) is 44.6 Å². The number of carbonyl (C=O) groups is 1. The van der Waals surface area contributed by atoms with E-state index in [0.29, 0.717) is 24.7 Å². The summed E-state index contributed by atoms with van der Waals surface area (Å²) in [4.78, 5) is 12.3. The second-order valence-electron chi connectivity index (χ2n) is 9.43. The van der Waals surface area contributed by atoms with Gasteiger partial charge in [-0.05, 0) is 24.7 Å². The number of rotatable bonds is 11. The molecule has 194 valence electrons. The Hall–Kier alpha value is -3.08. The molecule has 0 radical (unpaired) electrons. The topological polar surface area (TPSA) is 59.3 Å². The van der Waals surface area contributed by atoms with E-state index in [-0.39, 0.29) is 5.75 Å². The van der Waals surface area contributed by atoms with Crippen molar-refractivity contribution in [2.45, 2.75) is 71.1 Å². The zero-order valence-corrected chi connectivity index (χ0v) is 20.4. The Balaban J connectivity index is 1.51. The number of halogens is 4. The summed E-state index contributed by atoms with van der Waals surface area (Å²) in [7, 11) is 0. The maximum Gasteiger partial charge on any atom is 0.349 e. The molecule has 1 aliphatic rings. The predicted octanol–water partition coefficient (Wildman–Crippen LogP) is 7.88. The predicted molar refractivity (Wildman–Crippen MR) is 127 cm³/mol. The van der Waals surface area contributed by atoms with Gasteiger partial charge in [-0.15, -0.1) is 0 Å². The van der Waals surface area contributed by atoms with Gasteiger partial charge in [0.1, 0.15) is 52.0 Å². The number of ether oxygens (including phenoxy) is 2. The molecule has 0 aliphatic heterocycles. The first-order valence-electron chi connectivity index (χ1n) is 12.6. The summed E-state index contributed by atoms with van der Waals surface area (Å²) in [6.07, 6.45) is 11.9. The number of esters is 1. The summed E-state index contributed by atoms with van der Waals surface area (Å²) in [5, 5.41) is 8.69. The fourth-order valence-corrected chi connectivity index (χ4v) is 4.64. The van der Waals surface area contributed by atoms with Crippen LogP contribution in [0.3, 0.4) is 0 Å². The van der Waals surface area contributed by atoms with Crippen LogP contribution in [0.15, 0.2) is 24.3 Å². The minimum absolute atomic E-state index is 0.0462. The van der Waals surface area contributed by atoms with E-state index in [1.54, 1.807) is 0 Å². The van der Waals surface area contributed by atoms with Crippen LogP contribution in [0.25, 0.3) is 0 Å². The smallest absolute Gasteiger partial charge is 0.349 e. The van der Waals surface area contributed by atoms with Crippen LogP contribution in [-0.2, 0) is 0 Å². The molecule has 0 atom stereocenters. The molecule has 36 heavy (non-hydrogen) atoms. The Labute approximate surface area is 209 Å². The molecule has 8 heteroatoms. The van der Waals surface area contributed by atoms with Crippen LogP contribution >= 0.6 is 0 Å². The number of carbonyl (C=O) groups excluding carboxylic acids is 1. The molecule has 0 unspecified atom stereocenters. The van der Waals surface area contributed by atoms with Crippen molar-refractivity contribution >= 4 is 5.97 Å². The van der Waals surface area contributed by atoms with Crippen LogP contribution in [0.5, 0.6) is 11.5 Å². The summed E-state index contributed by atoms with van der Waals surface area (Å²) in [6.45, 7) is 2.54. The lowest BCUT2D eigenvalue weighted by molar-refractivity contribution is 0.0723. The highest BCUT2D eigenvalue weighted by atomic mass is 19.1. The van der Waals surface area contributed by atoms with Crippen LogP contribution < -0.4 is 9.47 Å². The van der Waals surface area contributed by atoms with Crippen molar-refractivity contribution in [3.05, 3.63) is 58.7 Å². The largest absolute Gasteiger partial charge is 0.493 e. The standard InChI is InChI=1S/C28H31F4NO3/c1-2-3-4-5-6-7-18-8-10-19(11-9-18)17-35-20-12-25(31)27(26(32)13-20)28(34)36-21-14-23(29)22(16-33)24(30)15-21/h12-15,18-19H,2-11,17H2,1H3/t18-,19-. The van der Waals surface area contributed by atoms with E-state index in [0.717, 1.165) is 43.7 Å². The van der Waals surface area contributed by atoms with E-state index in [2.05, 4.69) is 6.92 Å². The molecule has 2 aromatic rings. The van der Waals surface area contributed by atoms with Gasteiger partial charge in [-0.1, -0.05) is 58.3 Å². The molecule has 1 aliphatic carbocycles. The fourth-order valence-electron chi connectivity index (χ4n) is 4.64. The van der Waals surface area contributed by atoms with E-state index < -0.39 is 46.1 Å². The van der Waals surface area contributed by atoms with Crippen molar-refractivity contribution in [1.82, 2.24) is 0 Å². The van der Waals surface area contributed by atoms with Gasteiger partial charge in [0.25, 0.3) is 0 Å². The number of nitriles is 1. The third-order valence-corrected chi connectivity index (χ3v) is 6.73. The fraction of sp³-hybridized carbons (Fsp3) is 0.500. The van der Waals surface area contributed by atoms with E-state index in [1.807, 2.05) is 0 Å². The molecular weight excluding hydrogens is 474 g/mol. The summed E-state index contributed by atoms with van der Waals surface area (Å²) < 4.78 is 66.9. The van der Waals surface area contributed by atoms with Gasteiger partial charge in [0.05, 0.1) is 6.61 Å². The lowest BCUT2D eigenvalue weighted by Crippen LogP contribution is -2.20. The minimum atomic E-state index is -1.46. The second-order valence-corrected chi connectivity index (χ2v) is 9.43. The molecule has 0 spiro atoms. The quantitative estimate of drug-likeness (QED) is 0.135. The number of hydrogen-bond acceptors (Lipinski definition) is 4. The van der Waals surface area contributed by atoms with Gasteiger partial charge in [0.2, 0.25) is 0 Å². The Morgan fingerprint density at radius 2 is 1.42 bits per heavy atom. The molecule has 1 saturated carbocycles. The molecule has 0 bridgehead atoms. The van der Waals surface area contributed by atoms with Crippen molar-refractivity contribution in [3.63, 3.8) is 0 Å². The van der Waals surface area contributed by atoms with E-state index in [9.17, 15) is 22.4 Å². The summed E-state index contributed by atoms with van der Waals surface area (Å²) in [5.41, 5.74) is -1.86. The van der Waals surface area contributed by atoms with Gasteiger partial charge < -0.3 is 9.47 Å². The van der Waals surface area contributed by atoms with Gasteiger partial charge in [-0.2, -0.15) is 5.26 Å². The highest BCUT2D eigenvalue weighted by molar-refractivity contribution is 5.91. The van der Waals surface area contributed by atoms with Crippen molar-refractivity contribution in [1.29, 1.82) is 5.26 Å². The first kappa shape index (κ1) is 27.5. The van der Waals surface area contributed by atoms with Crippen molar-refractivity contribution in [3.8, 4) is 17.6 Å². The minimum Gasteiger partial charge on any atom is -0.493 e. The summed E-state index contributed by atoms with van der Waals surface area (Å²) in [5.74, 6) is -6.03. The molecule has 0 N–H and O–H groups in total. The average molecular weight is 506 g/mol. The SMILES string of the molecule is CCCCCCC[C@H]1CC[C@H](COc2cc(F)c(C(=O)Oc3cc(F)c(C#N)c(F)c3)c(F)c2)CC1. The lowest BCUT2D eigenvalue weighted by Gasteiger charge is -2.28. The van der Waals surface area contributed by atoms with E-state index in [4.69, 9.17) is 14.7 Å². The van der Waals surface area contributed by atoms with Gasteiger partial charge in [0.15, 0.2) is 0 Å². The third kappa shape index (κ3) is 7.46. The highest BCUT2D eigenvalue weighted by Gasteiger charge is 2.24. The molecule has 1 fully saturated rings. The molecule has 0 aromatic heterocycles. The molecule has 0 saturated heterocycles. The van der Waals surface area contributed by atoms with Crippen LogP contribution in [-0.4, -0.2) is 12.6 Å². The Kier molecular flexibility index (Phi) is 10.2.